The van der Waals surface area contributed by atoms with Crippen LogP contribution in [0.15, 0.2) is 0 Å². The van der Waals surface area contributed by atoms with E-state index >= 15 is 0 Å². The Morgan fingerprint density at radius 2 is 2.14 bits per heavy atom. The number of carbonyl (C=O) groups excluding carboxylic acids is 1. The van der Waals surface area contributed by atoms with E-state index in [0.717, 1.165) is 6.42 Å². The number of rotatable bonds is 6. The summed E-state index contributed by atoms with van der Waals surface area (Å²) in [4.78, 5) is 11.5. The van der Waals surface area contributed by atoms with E-state index in [1.807, 2.05) is 13.8 Å². The van der Waals surface area contributed by atoms with E-state index in [2.05, 4.69) is 6.92 Å². The molecule has 0 aromatic heterocycles. The second-order valence-electron chi connectivity index (χ2n) is 4.53. The highest BCUT2D eigenvalue weighted by atomic mass is 16.5. The quantitative estimate of drug-likeness (QED) is 0.484. The van der Waals surface area contributed by atoms with Gasteiger partial charge >= 0.3 is 5.97 Å². The fourth-order valence-corrected chi connectivity index (χ4v) is 2.06. The molecule has 2 heteroatoms. The summed E-state index contributed by atoms with van der Waals surface area (Å²) in [6, 6.07) is 0. The molecule has 14 heavy (non-hydrogen) atoms. The first-order valence-corrected chi connectivity index (χ1v) is 5.82. The minimum absolute atomic E-state index is 0.0153. The van der Waals surface area contributed by atoms with Crippen molar-refractivity contribution < 1.29 is 9.53 Å². The second kappa shape index (κ2) is 4.81. The van der Waals surface area contributed by atoms with Gasteiger partial charge in [0, 0.05) is 0 Å². The largest absolute Gasteiger partial charge is 0.466 e. The molecule has 0 aliphatic heterocycles. The minimum Gasteiger partial charge on any atom is -0.466 e. The number of carbonyl (C=O) groups is 1. The molecule has 1 aliphatic rings. The van der Waals surface area contributed by atoms with Crippen molar-refractivity contribution >= 4 is 5.97 Å². The highest BCUT2D eigenvalue weighted by Crippen LogP contribution is 2.55. The Morgan fingerprint density at radius 1 is 1.43 bits per heavy atom. The first-order valence-electron chi connectivity index (χ1n) is 5.82. The van der Waals surface area contributed by atoms with Crippen LogP contribution < -0.4 is 0 Å². The Balaban J connectivity index is 2.24. The van der Waals surface area contributed by atoms with Gasteiger partial charge in [-0.2, -0.15) is 0 Å². The number of hydrogen-bond donors (Lipinski definition) is 0. The molecule has 2 atom stereocenters. The van der Waals surface area contributed by atoms with Gasteiger partial charge in [-0.1, -0.05) is 26.2 Å². The molecule has 0 spiro atoms. The summed E-state index contributed by atoms with van der Waals surface area (Å²) in [6.45, 7) is 6.63. The standard InChI is InChI=1S/C12H22O2/c1-4-6-7-8-10-9-12(10,3)11(13)14-5-2/h10H,4-9H2,1-3H3. The summed E-state index contributed by atoms with van der Waals surface area (Å²) >= 11 is 0. The average Bonchev–Trinajstić information content (AvgIpc) is 2.80. The summed E-state index contributed by atoms with van der Waals surface area (Å²) in [5.41, 5.74) is -0.135. The van der Waals surface area contributed by atoms with Gasteiger partial charge in [0.25, 0.3) is 0 Å². The van der Waals surface area contributed by atoms with Crippen molar-refractivity contribution in [2.45, 2.75) is 52.9 Å². The van der Waals surface area contributed by atoms with Gasteiger partial charge in [0.2, 0.25) is 0 Å². The van der Waals surface area contributed by atoms with Crippen LogP contribution in [0.2, 0.25) is 0 Å². The van der Waals surface area contributed by atoms with E-state index in [4.69, 9.17) is 4.74 Å². The highest BCUT2D eigenvalue weighted by molar-refractivity contribution is 5.80. The molecule has 2 nitrogen and oxygen atoms in total. The molecule has 0 heterocycles. The molecule has 0 N–H and O–H groups in total. The number of unbranched alkanes of at least 4 members (excludes halogenated alkanes) is 2. The Morgan fingerprint density at radius 3 is 2.71 bits per heavy atom. The predicted octanol–water partition coefficient (Wildman–Crippen LogP) is 3.16. The first kappa shape index (κ1) is 11.5. The van der Waals surface area contributed by atoms with Crippen LogP contribution in [-0.4, -0.2) is 12.6 Å². The van der Waals surface area contributed by atoms with Crippen LogP contribution in [0, 0.1) is 11.3 Å². The molecule has 0 aromatic carbocycles. The summed E-state index contributed by atoms with van der Waals surface area (Å²) < 4.78 is 5.07. The van der Waals surface area contributed by atoms with E-state index in [9.17, 15) is 4.79 Å². The Labute approximate surface area is 87.0 Å². The zero-order valence-corrected chi connectivity index (χ0v) is 9.64. The normalized spacial score (nSPS) is 30.1. The summed E-state index contributed by atoms with van der Waals surface area (Å²) in [5.74, 6) is 0.606. The van der Waals surface area contributed by atoms with E-state index in [-0.39, 0.29) is 11.4 Å². The van der Waals surface area contributed by atoms with E-state index in [0.29, 0.717) is 12.5 Å². The van der Waals surface area contributed by atoms with E-state index < -0.39 is 0 Å². The van der Waals surface area contributed by atoms with Crippen LogP contribution in [0.4, 0.5) is 0 Å². The fourth-order valence-electron chi connectivity index (χ4n) is 2.06. The third-order valence-corrected chi connectivity index (χ3v) is 3.31. The fraction of sp³-hybridized carbons (Fsp3) is 0.917. The SMILES string of the molecule is CCCCCC1CC1(C)C(=O)OCC. The predicted molar refractivity (Wildman–Crippen MR) is 57.0 cm³/mol. The lowest BCUT2D eigenvalue weighted by atomic mass is 10.0. The maximum Gasteiger partial charge on any atom is 0.312 e. The van der Waals surface area contributed by atoms with Gasteiger partial charge in [-0.25, -0.2) is 0 Å². The lowest BCUT2D eigenvalue weighted by Crippen LogP contribution is -2.17. The molecule has 2 unspecified atom stereocenters. The van der Waals surface area contributed by atoms with Gasteiger partial charge in [0.1, 0.15) is 0 Å². The van der Waals surface area contributed by atoms with Gasteiger partial charge in [0.05, 0.1) is 12.0 Å². The minimum atomic E-state index is -0.135. The summed E-state index contributed by atoms with van der Waals surface area (Å²) in [5, 5.41) is 0. The van der Waals surface area contributed by atoms with Crippen molar-refractivity contribution in [2.75, 3.05) is 6.61 Å². The molecule has 1 saturated carbocycles. The maximum atomic E-state index is 11.5. The highest BCUT2D eigenvalue weighted by Gasteiger charge is 2.56. The van der Waals surface area contributed by atoms with Crippen molar-refractivity contribution in [1.29, 1.82) is 0 Å². The van der Waals surface area contributed by atoms with E-state index in [1.165, 1.54) is 25.7 Å². The van der Waals surface area contributed by atoms with Crippen LogP contribution in [0.1, 0.15) is 52.9 Å². The molecule has 0 amide bonds. The summed E-state index contributed by atoms with van der Waals surface area (Å²) in [7, 11) is 0. The molecular formula is C12H22O2. The molecule has 0 bridgehead atoms. The van der Waals surface area contributed by atoms with Gasteiger partial charge in [-0.3, -0.25) is 4.79 Å². The van der Waals surface area contributed by atoms with Crippen LogP contribution in [-0.2, 0) is 9.53 Å². The van der Waals surface area contributed by atoms with Crippen molar-refractivity contribution in [1.82, 2.24) is 0 Å². The number of hydrogen-bond acceptors (Lipinski definition) is 2. The van der Waals surface area contributed by atoms with Crippen molar-refractivity contribution in [3.8, 4) is 0 Å². The molecule has 1 aliphatic carbocycles. The van der Waals surface area contributed by atoms with Crippen molar-refractivity contribution in [3.05, 3.63) is 0 Å². The molecular weight excluding hydrogens is 176 g/mol. The Kier molecular flexibility index (Phi) is 3.97. The van der Waals surface area contributed by atoms with Crippen molar-refractivity contribution in [3.63, 3.8) is 0 Å². The van der Waals surface area contributed by atoms with Gasteiger partial charge in [0.15, 0.2) is 0 Å². The van der Waals surface area contributed by atoms with E-state index in [1.54, 1.807) is 0 Å². The Bertz CT molecular complexity index is 200. The average molecular weight is 198 g/mol. The molecule has 0 aromatic rings. The maximum absolute atomic E-state index is 11.5. The number of ether oxygens (including phenoxy) is 1. The smallest absolute Gasteiger partial charge is 0.312 e. The van der Waals surface area contributed by atoms with Crippen LogP contribution in [0.5, 0.6) is 0 Å². The molecule has 82 valence electrons. The lowest BCUT2D eigenvalue weighted by molar-refractivity contribution is -0.149. The molecule has 1 fully saturated rings. The zero-order chi connectivity index (χ0) is 10.6. The molecule has 0 saturated heterocycles. The van der Waals surface area contributed by atoms with Crippen LogP contribution >= 0.6 is 0 Å². The van der Waals surface area contributed by atoms with Crippen LogP contribution in [0.25, 0.3) is 0 Å². The topological polar surface area (TPSA) is 26.3 Å². The Hall–Kier alpha value is -0.530. The van der Waals surface area contributed by atoms with Gasteiger partial charge < -0.3 is 4.74 Å². The van der Waals surface area contributed by atoms with Gasteiger partial charge in [-0.05, 0) is 32.6 Å². The molecule has 0 radical (unpaired) electrons. The first-order chi connectivity index (χ1) is 6.65. The number of esters is 1. The lowest BCUT2D eigenvalue weighted by Gasteiger charge is -2.09. The third kappa shape index (κ3) is 2.49. The summed E-state index contributed by atoms with van der Waals surface area (Å²) in [6.07, 6.45) is 6.03. The monoisotopic (exact) mass is 198 g/mol. The molecule has 1 rings (SSSR count). The van der Waals surface area contributed by atoms with Gasteiger partial charge in [-0.15, -0.1) is 0 Å². The zero-order valence-electron chi connectivity index (χ0n) is 9.64. The third-order valence-electron chi connectivity index (χ3n) is 3.31. The van der Waals surface area contributed by atoms with Crippen molar-refractivity contribution in [2.24, 2.45) is 11.3 Å². The second-order valence-corrected chi connectivity index (χ2v) is 4.53. The van der Waals surface area contributed by atoms with Crippen LogP contribution in [0.3, 0.4) is 0 Å².